The Balaban J connectivity index is 2.33. The van der Waals surface area contributed by atoms with Crippen molar-refractivity contribution >= 4 is 37.1 Å². The van der Waals surface area contributed by atoms with Gasteiger partial charge in [-0.2, -0.15) is 0 Å². The predicted octanol–water partition coefficient (Wildman–Crippen LogP) is 2.22. The molecule has 1 aromatic rings. The Morgan fingerprint density at radius 2 is 2.16 bits per heavy atom. The fraction of sp³-hybridized carbons (Fsp3) is 0.200. The monoisotopic (exact) mass is 350 g/mol. The number of nitrogens with one attached hydrogen (secondary N) is 1. The first-order valence-corrected chi connectivity index (χ1v) is 7.60. The zero-order valence-electron chi connectivity index (χ0n) is 9.34. The van der Waals surface area contributed by atoms with Gasteiger partial charge in [-0.05, 0) is 22.0 Å². The molecule has 102 valence electrons. The van der Waals surface area contributed by atoms with E-state index in [4.69, 9.17) is 0 Å². The Hall–Kier alpha value is -1.48. The summed E-state index contributed by atoms with van der Waals surface area (Å²) in [6.45, 7) is 0. The Morgan fingerprint density at radius 1 is 1.47 bits per heavy atom. The van der Waals surface area contributed by atoms with Crippen molar-refractivity contribution in [2.24, 2.45) is 0 Å². The SMILES string of the molecule is O=[N+]([O-])c1cc(F)c(Br)cc1NC1C=CS(=O)(=O)C1. The number of benzene rings is 1. The summed E-state index contributed by atoms with van der Waals surface area (Å²) in [7, 11) is -3.27. The van der Waals surface area contributed by atoms with E-state index < -0.39 is 32.3 Å². The zero-order chi connectivity index (χ0) is 14.2. The fourth-order valence-electron chi connectivity index (χ4n) is 1.67. The molecule has 0 spiro atoms. The molecule has 0 aromatic heterocycles. The van der Waals surface area contributed by atoms with Crippen molar-refractivity contribution in [3.8, 4) is 0 Å². The minimum Gasteiger partial charge on any atom is -0.372 e. The van der Waals surface area contributed by atoms with Crippen LogP contribution in [0.2, 0.25) is 0 Å². The summed E-state index contributed by atoms with van der Waals surface area (Å²) in [4.78, 5) is 10.1. The molecule has 1 aliphatic heterocycles. The highest BCUT2D eigenvalue weighted by atomic mass is 79.9. The number of nitro groups is 1. The maximum Gasteiger partial charge on any atom is 0.295 e. The normalized spacial score (nSPS) is 20.4. The van der Waals surface area contributed by atoms with E-state index >= 15 is 0 Å². The van der Waals surface area contributed by atoms with E-state index in [9.17, 15) is 22.9 Å². The lowest BCUT2D eigenvalue weighted by Crippen LogP contribution is -2.21. The van der Waals surface area contributed by atoms with Gasteiger partial charge in [0.2, 0.25) is 0 Å². The second-order valence-corrected chi connectivity index (χ2v) is 6.74. The fourth-order valence-corrected chi connectivity index (χ4v) is 3.25. The Labute approximate surface area is 116 Å². The van der Waals surface area contributed by atoms with Crippen LogP contribution in [-0.4, -0.2) is 25.1 Å². The molecule has 0 radical (unpaired) electrons. The number of nitrogens with zero attached hydrogens (tertiary/aromatic N) is 1. The van der Waals surface area contributed by atoms with Gasteiger partial charge < -0.3 is 5.32 Å². The van der Waals surface area contributed by atoms with Gasteiger partial charge in [0.05, 0.1) is 27.3 Å². The van der Waals surface area contributed by atoms with E-state index in [1.165, 1.54) is 12.1 Å². The average Bonchev–Trinajstić information content (AvgIpc) is 2.62. The van der Waals surface area contributed by atoms with Crippen molar-refractivity contribution in [2.45, 2.75) is 6.04 Å². The number of hydrogen-bond acceptors (Lipinski definition) is 5. The summed E-state index contributed by atoms with van der Waals surface area (Å²) in [5.74, 6) is -0.939. The molecule has 19 heavy (non-hydrogen) atoms. The lowest BCUT2D eigenvalue weighted by Gasteiger charge is -2.12. The van der Waals surface area contributed by atoms with Gasteiger partial charge in [-0.15, -0.1) is 0 Å². The van der Waals surface area contributed by atoms with E-state index in [-0.39, 0.29) is 15.9 Å². The van der Waals surface area contributed by atoms with Gasteiger partial charge in [0.15, 0.2) is 9.84 Å². The predicted molar refractivity (Wildman–Crippen MR) is 71.1 cm³/mol. The van der Waals surface area contributed by atoms with Crippen molar-refractivity contribution in [2.75, 3.05) is 11.1 Å². The highest BCUT2D eigenvalue weighted by Gasteiger charge is 2.25. The molecule has 1 aliphatic rings. The van der Waals surface area contributed by atoms with Crippen LogP contribution >= 0.6 is 15.9 Å². The van der Waals surface area contributed by atoms with Crippen LogP contribution in [0.1, 0.15) is 0 Å². The summed E-state index contributed by atoms with van der Waals surface area (Å²) in [6, 6.07) is 1.42. The summed E-state index contributed by atoms with van der Waals surface area (Å²) >= 11 is 2.93. The second kappa shape index (κ2) is 4.89. The first-order chi connectivity index (χ1) is 8.78. The molecule has 0 saturated heterocycles. The molecule has 2 rings (SSSR count). The first kappa shape index (κ1) is 13.9. The van der Waals surface area contributed by atoms with Crippen LogP contribution in [0.5, 0.6) is 0 Å². The van der Waals surface area contributed by atoms with Gasteiger partial charge in [0.1, 0.15) is 11.5 Å². The number of rotatable bonds is 3. The van der Waals surface area contributed by atoms with Crippen molar-refractivity contribution in [3.63, 3.8) is 0 Å². The van der Waals surface area contributed by atoms with Crippen molar-refractivity contribution in [1.82, 2.24) is 0 Å². The summed E-state index contributed by atoms with van der Waals surface area (Å²) in [5, 5.41) is 14.6. The summed E-state index contributed by atoms with van der Waals surface area (Å²) in [6.07, 6.45) is 1.40. The molecular formula is C10H8BrFN2O4S. The van der Waals surface area contributed by atoms with Gasteiger partial charge in [-0.3, -0.25) is 10.1 Å². The third kappa shape index (κ3) is 3.10. The molecule has 1 aromatic carbocycles. The lowest BCUT2D eigenvalue weighted by atomic mass is 10.2. The second-order valence-electron chi connectivity index (χ2n) is 3.95. The molecule has 1 unspecified atom stereocenters. The van der Waals surface area contributed by atoms with E-state index in [2.05, 4.69) is 21.2 Å². The lowest BCUT2D eigenvalue weighted by molar-refractivity contribution is -0.384. The van der Waals surface area contributed by atoms with Crippen molar-refractivity contribution in [1.29, 1.82) is 0 Å². The highest BCUT2D eigenvalue weighted by Crippen LogP contribution is 2.31. The van der Waals surface area contributed by atoms with E-state index in [1.54, 1.807) is 0 Å². The van der Waals surface area contributed by atoms with Crippen molar-refractivity contribution in [3.05, 3.63) is 44.0 Å². The van der Waals surface area contributed by atoms with Crippen LogP contribution in [0.15, 0.2) is 28.1 Å². The molecule has 6 nitrogen and oxygen atoms in total. The average molecular weight is 351 g/mol. The summed E-state index contributed by atoms with van der Waals surface area (Å²) < 4.78 is 35.8. The Morgan fingerprint density at radius 3 is 2.68 bits per heavy atom. The maximum absolute atomic E-state index is 13.3. The van der Waals surface area contributed by atoms with Crippen LogP contribution in [0.25, 0.3) is 0 Å². The Bertz CT molecular complexity index is 674. The standard InChI is InChI=1S/C10H8BrFN2O4S/c11-7-3-9(10(14(15)16)4-8(7)12)13-6-1-2-19(17,18)5-6/h1-4,6,13H,5H2. The molecule has 9 heteroatoms. The molecular weight excluding hydrogens is 343 g/mol. The number of anilines is 1. The Kier molecular flexibility index (Phi) is 3.59. The zero-order valence-corrected chi connectivity index (χ0v) is 11.7. The minimum atomic E-state index is -3.27. The topological polar surface area (TPSA) is 89.3 Å². The van der Waals surface area contributed by atoms with Crippen LogP contribution in [0.3, 0.4) is 0 Å². The number of hydrogen-bond donors (Lipinski definition) is 1. The van der Waals surface area contributed by atoms with Gasteiger partial charge in [0, 0.05) is 5.41 Å². The maximum atomic E-state index is 13.3. The van der Waals surface area contributed by atoms with Crippen molar-refractivity contribution < 1.29 is 17.7 Å². The molecule has 1 heterocycles. The van der Waals surface area contributed by atoms with Crippen LogP contribution in [0.4, 0.5) is 15.8 Å². The molecule has 1 atom stereocenters. The third-order valence-corrected chi connectivity index (χ3v) is 4.51. The van der Waals surface area contributed by atoms with Gasteiger partial charge >= 0.3 is 0 Å². The minimum absolute atomic E-state index is 0.0602. The van der Waals surface area contributed by atoms with Gasteiger partial charge in [-0.1, -0.05) is 6.08 Å². The number of nitro benzene ring substituents is 1. The molecule has 1 N–H and O–H groups in total. The van der Waals surface area contributed by atoms with E-state index in [1.807, 2.05) is 0 Å². The van der Waals surface area contributed by atoms with E-state index in [0.717, 1.165) is 11.5 Å². The van der Waals surface area contributed by atoms with E-state index in [0.29, 0.717) is 0 Å². The van der Waals surface area contributed by atoms with Gasteiger partial charge in [0.25, 0.3) is 5.69 Å². The molecule has 0 amide bonds. The van der Waals surface area contributed by atoms with Crippen LogP contribution < -0.4 is 5.32 Å². The quantitative estimate of drug-likeness (QED) is 0.666. The smallest absolute Gasteiger partial charge is 0.295 e. The highest BCUT2D eigenvalue weighted by molar-refractivity contribution is 9.10. The summed E-state index contributed by atoms with van der Waals surface area (Å²) in [5.41, 5.74) is -0.386. The molecule has 0 aliphatic carbocycles. The number of halogens is 2. The largest absolute Gasteiger partial charge is 0.372 e. The van der Waals surface area contributed by atoms with Crippen LogP contribution in [-0.2, 0) is 9.84 Å². The van der Waals surface area contributed by atoms with Crippen LogP contribution in [0, 0.1) is 15.9 Å². The molecule has 0 fully saturated rings. The molecule has 0 saturated carbocycles. The first-order valence-electron chi connectivity index (χ1n) is 5.09. The van der Waals surface area contributed by atoms with Gasteiger partial charge in [-0.25, -0.2) is 12.8 Å². The third-order valence-electron chi connectivity index (χ3n) is 2.51. The number of sulfone groups is 1. The molecule has 0 bridgehead atoms.